The third-order valence-electron chi connectivity index (χ3n) is 5.75. The number of amides is 1. The molecule has 0 aliphatic heterocycles. The Morgan fingerprint density at radius 2 is 1.22 bits per heavy atom. The highest BCUT2D eigenvalue weighted by Gasteiger charge is 2.38. The fourth-order valence-electron chi connectivity index (χ4n) is 3.86. The van der Waals surface area contributed by atoms with Gasteiger partial charge in [0, 0.05) is 12.2 Å². The first-order chi connectivity index (χ1) is 15.5. The number of ketones is 1. The van der Waals surface area contributed by atoms with Gasteiger partial charge in [0.1, 0.15) is 5.78 Å². The lowest BCUT2D eigenvalue weighted by molar-refractivity contribution is -0.127. The monoisotopic (exact) mass is 446 g/mol. The first kappa shape index (κ1) is 23.8. The van der Waals surface area contributed by atoms with Gasteiger partial charge in [-0.15, -0.1) is 11.8 Å². The van der Waals surface area contributed by atoms with Gasteiger partial charge in [-0.25, -0.2) is 0 Å². The first-order valence-corrected chi connectivity index (χ1v) is 11.9. The minimum Gasteiger partial charge on any atom is -0.369 e. The highest BCUT2D eigenvalue weighted by Crippen LogP contribution is 2.49. The zero-order valence-corrected chi connectivity index (χ0v) is 19.1. The number of carbonyl (C=O) groups excluding carboxylic acids is 2. The predicted molar refractivity (Wildman–Crippen MR) is 132 cm³/mol. The van der Waals surface area contributed by atoms with Crippen LogP contribution in [-0.2, 0) is 14.3 Å². The summed E-state index contributed by atoms with van der Waals surface area (Å²) in [5.41, 5.74) is 14.9. The van der Waals surface area contributed by atoms with Gasteiger partial charge in [-0.3, -0.25) is 9.59 Å². The molecule has 0 bridgehead atoms. The molecule has 4 N–H and O–H groups in total. The van der Waals surface area contributed by atoms with Crippen LogP contribution in [0.2, 0.25) is 0 Å². The van der Waals surface area contributed by atoms with Gasteiger partial charge >= 0.3 is 0 Å². The van der Waals surface area contributed by atoms with Gasteiger partial charge in [0.05, 0.1) is 16.7 Å². The van der Waals surface area contributed by atoms with Crippen molar-refractivity contribution in [3.63, 3.8) is 0 Å². The number of rotatable bonds is 11. The van der Waals surface area contributed by atoms with Crippen molar-refractivity contribution in [2.24, 2.45) is 17.4 Å². The second kappa shape index (κ2) is 11.1. The van der Waals surface area contributed by atoms with Crippen molar-refractivity contribution in [2.75, 3.05) is 5.75 Å². The van der Waals surface area contributed by atoms with Crippen molar-refractivity contribution in [3.8, 4) is 0 Å². The molecule has 3 rings (SSSR count). The standard InChI is InChI=1S/C27H30N2O2S/c1-2-24(28)25(30)18-20(26(29)31)19-32-27(21-12-6-3-7-13-21,22-14-8-4-9-15-22)23-16-10-5-11-17-23/h3-17,20,24H,2,18-19,28H2,1H3,(H2,29,31)/t20-,24+/m0/s1. The molecule has 0 aliphatic carbocycles. The first-order valence-electron chi connectivity index (χ1n) is 10.9. The zero-order valence-electron chi connectivity index (χ0n) is 18.3. The van der Waals surface area contributed by atoms with Crippen molar-refractivity contribution < 1.29 is 9.59 Å². The van der Waals surface area contributed by atoms with Crippen molar-refractivity contribution in [1.29, 1.82) is 0 Å². The fraction of sp³-hybridized carbons (Fsp3) is 0.259. The molecule has 3 aromatic rings. The maximum atomic E-state index is 12.5. The van der Waals surface area contributed by atoms with E-state index in [1.165, 1.54) is 0 Å². The van der Waals surface area contributed by atoms with Crippen molar-refractivity contribution in [2.45, 2.75) is 30.6 Å². The average molecular weight is 447 g/mol. The van der Waals surface area contributed by atoms with Gasteiger partial charge in [0.2, 0.25) is 5.91 Å². The lowest BCUT2D eigenvalue weighted by Crippen LogP contribution is -2.36. The molecule has 0 saturated carbocycles. The van der Waals surface area contributed by atoms with E-state index < -0.39 is 22.6 Å². The maximum Gasteiger partial charge on any atom is 0.221 e. The van der Waals surface area contributed by atoms with E-state index in [2.05, 4.69) is 36.4 Å². The van der Waals surface area contributed by atoms with E-state index in [1.54, 1.807) is 11.8 Å². The minimum atomic E-state index is -0.597. The second-order valence-corrected chi connectivity index (χ2v) is 9.11. The van der Waals surface area contributed by atoms with Gasteiger partial charge in [-0.1, -0.05) is 97.9 Å². The Balaban J connectivity index is 2.06. The largest absolute Gasteiger partial charge is 0.369 e. The highest BCUT2D eigenvalue weighted by molar-refractivity contribution is 8.00. The van der Waals surface area contributed by atoms with Gasteiger partial charge in [0.25, 0.3) is 0 Å². The molecule has 0 saturated heterocycles. The Morgan fingerprint density at radius 3 is 1.56 bits per heavy atom. The predicted octanol–water partition coefficient (Wildman–Crippen LogP) is 4.51. The molecule has 0 aliphatic rings. The molecule has 4 nitrogen and oxygen atoms in total. The van der Waals surface area contributed by atoms with Crippen molar-refractivity contribution in [1.82, 2.24) is 0 Å². The van der Waals surface area contributed by atoms with E-state index in [9.17, 15) is 9.59 Å². The van der Waals surface area contributed by atoms with Crippen LogP contribution in [0.4, 0.5) is 0 Å². The molecule has 0 unspecified atom stereocenters. The van der Waals surface area contributed by atoms with Crippen LogP contribution >= 0.6 is 11.8 Å². The summed E-state index contributed by atoms with van der Waals surface area (Å²) >= 11 is 1.63. The summed E-state index contributed by atoms with van der Waals surface area (Å²) in [6, 6.07) is 30.1. The zero-order chi connectivity index (χ0) is 23.0. The lowest BCUT2D eigenvalue weighted by atomic mass is 9.84. The SMILES string of the molecule is CC[C@@H](N)C(=O)C[C@@H](CSC(c1ccccc1)(c1ccccc1)c1ccccc1)C(N)=O. The number of hydrogen-bond donors (Lipinski definition) is 2. The molecule has 0 radical (unpaired) electrons. The molecule has 32 heavy (non-hydrogen) atoms. The normalized spacial score (nSPS) is 13.3. The molecule has 5 heteroatoms. The van der Waals surface area contributed by atoms with Gasteiger partial charge in [0.15, 0.2) is 0 Å². The third kappa shape index (κ3) is 5.29. The van der Waals surface area contributed by atoms with E-state index in [1.807, 2.05) is 61.5 Å². The Labute approximate surface area is 194 Å². The van der Waals surface area contributed by atoms with Crippen LogP contribution in [-0.4, -0.2) is 23.5 Å². The maximum absolute atomic E-state index is 12.5. The molecule has 3 aromatic carbocycles. The summed E-state index contributed by atoms with van der Waals surface area (Å²) in [5.74, 6) is -0.796. The second-order valence-electron chi connectivity index (χ2n) is 7.87. The number of carbonyl (C=O) groups is 2. The van der Waals surface area contributed by atoms with E-state index in [0.29, 0.717) is 12.2 Å². The Kier molecular flexibility index (Phi) is 8.26. The van der Waals surface area contributed by atoms with Crippen LogP contribution in [0, 0.1) is 5.92 Å². The number of nitrogens with two attached hydrogens (primary N) is 2. The van der Waals surface area contributed by atoms with E-state index in [4.69, 9.17) is 11.5 Å². The molecule has 1 amide bonds. The van der Waals surface area contributed by atoms with Gasteiger partial charge < -0.3 is 11.5 Å². The summed E-state index contributed by atoms with van der Waals surface area (Å²) in [7, 11) is 0. The molecule has 0 spiro atoms. The number of primary amides is 1. The van der Waals surface area contributed by atoms with Crippen LogP contribution in [0.15, 0.2) is 91.0 Å². The number of benzene rings is 3. The topological polar surface area (TPSA) is 86.2 Å². The summed E-state index contributed by atoms with van der Waals surface area (Å²) in [5, 5.41) is 0. The van der Waals surface area contributed by atoms with E-state index in [0.717, 1.165) is 16.7 Å². The van der Waals surface area contributed by atoms with E-state index in [-0.39, 0.29) is 12.2 Å². The summed E-state index contributed by atoms with van der Waals surface area (Å²) in [6.45, 7) is 1.86. The van der Waals surface area contributed by atoms with Crippen LogP contribution in [0.25, 0.3) is 0 Å². The number of thioether (sulfide) groups is 1. The fourth-order valence-corrected chi connectivity index (χ4v) is 5.50. The summed E-state index contributed by atoms with van der Waals surface area (Å²) < 4.78 is -0.562. The van der Waals surface area contributed by atoms with Crippen LogP contribution in [0.5, 0.6) is 0 Å². The number of Topliss-reactive ketones (excluding diaryl/α,β-unsaturated/α-hetero) is 1. The Morgan fingerprint density at radius 1 is 0.812 bits per heavy atom. The Hall–Kier alpha value is -2.89. The molecule has 0 fully saturated rings. The number of hydrogen-bond acceptors (Lipinski definition) is 4. The molecular weight excluding hydrogens is 416 g/mol. The minimum absolute atomic E-state index is 0.0613. The van der Waals surface area contributed by atoms with Crippen LogP contribution in [0.1, 0.15) is 36.5 Å². The van der Waals surface area contributed by atoms with E-state index >= 15 is 0 Å². The molecular formula is C27H30N2O2S. The lowest BCUT2D eigenvalue weighted by Gasteiger charge is -2.36. The van der Waals surface area contributed by atoms with Crippen LogP contribution < -0.4 is 11.5 Å². The molecule has 0 heterocycles. The summed E-state index contributed by atoms with van der Waals surface area (Å²) in [4.78, 5) is 24.8. The molecule has 2 atom stereocenters. The van der Waals surface area contributed by atoms with Crippen molar-refractivity contribution in [3.05, 3.63) is 108 Å². The van der Waals surface area contributed by atoms with Crippen molar-refractivity contribution >= 4 is 23.5 Å². The summed E-state index contributed by atoms with van der Waals surface area (Å²) in [6.07, 6.45) is 0.602. The quantitative estimate of drug-likeness (QED) is 0.424. The van der Waals surface area contributed by atoms with Crippen LogP contribution in [0.3, 0.4) is 0 Å². The average Bonchev–Trinajstić information content (AvgIpc) is 2.84. The molecule has 0 aromatic heterocycles. The smallest absolute Gasteiger partial charge is 0.221 e. The highest BCUT2D eigenvalue weighted by atomic mass is 32.2. The van der Waals surface area contributed by atoms with Gasteiger partial charge in [-0.2, -0.15) is 0 Å². The van der Waals surface area contributed by atoms with Gasteiger partial charge in [-0.05, 0) is 23.1 Å². The molecule has 166 valence electrons. The Bertz CT molecular complexity index is 913. The third-order valence-corrected chi connectivity index (χ3v) is 7.45.